The summed E-state index contributed by atoms with van der Waals surface area (Å²) in [4.78, 5) is 0. The largest absolute Gasteiger partial charge is 0.416 e. The zero-order chi connectivity index (χ0) is 30.7. The molecular weight excluding hydrogens is 572 g/mol. The summed E-state index contributed by atoms with van der Waals surface area (Å²) >= 11 is 0. The lowest BCUT2D eigenvalue weighted by molar-refractivity contribution is -0.0728. The number of hydrogen-bond acceptors (Lipinski definition) is 9. The molecule has 0 heterocycles. The van der Waals surface area contributed by atoms with Gasteiger partial charge in [0.1, 0.15) is 0 Å². The average molecular weight is 633 g/mol. The first-order valence-corrected chi connectivity index (χ1v) is 18.6. The minimum absolute atomic E-state index is 0.0413. The molecule has 0 spiro atoms. The predicted octanol–water partition coefficient (Wildman–Crippen LogP) is 6.92. The maximum absolute atomic E-state index is 11.8. The average Bonchev–Trinajstić information content (AvgIpc) is 2.91. The van der Waals surface area contributed by atoms with Gasteiger partial charge in [-0.05, 0) is 12.8 Å². The monoisotopic (exact) mass is 632 g/mol. The van der Waals surface area contributed by atoms with Gasteiger partial charge in [-0.3, -0.25) is 4.55 Å². The summed E-state index contributed by atoms with van der Waals surface area (Å²) in [6.07, 6.45) is 23.7. The van der Waals surface area contributed by atoms with Gasteiger partial charge < -0.3 is 14.6 Å². The maximum atomic E-state index is 11.8. The fourth-order valence-electron chi connectivity index (χ4n) is 4.54. The van der Waals surface area contributed by atoms with Gasteiger partial charge in [0.05, 0.1) is 31.8 Å². The zero-order valence-corrected chi connectivity index (χ0v) is 27.5. The van der Waals surface area contributed by atoms with E-state index in [9.17, 15) is 21.9 Å². The highest BCUT2D eigenvalue weighted by Gasteiger charge is 2.35. The predicted molar refractivity (Wildman–Crippen MR) is 162 cm³/mol. The molecule has 0 bridgehead atoms. The zero-order valence-electron chi connectivity index (χ0n) is 25.9. The first kappa shape index (κ1) is 40.7. The summed E-state index contributed by atoms with van der Waals surface area (Å²) in [5.41, 5.74) is -1.24. The second-order valence-corrected chi connectivity index (χ2v) is 13.7. The molecule has 0 saturated carbocycles. The Balaban J connectivity index is 4.46. The highest BCUT2D eigenvalue weighted by Crippen LogP contribution is 2.22. The highest BCUT2D eigenvalue weighted by atomic mass is 32.3. The molecule has 0 aliphatic carbocycles. The molecule has 248 valence electrons. The van der Waals surface area contributed by atoms with E-state index < -0.39 is 39.4 Å². The number of aliphatic hydroxyl groups is 1. The Hall–Kier alpha value is -0.340. The molecule has 0 aromatic rings. The number of unbranched alkanes of at least 4 members (excludes halogenated alkanes) is 18. The standard InChI is InChI=1S/C29H60O10S2/c1-3-5-7-9-11-13-15-17-19-21-23-36-26-29(25-30,28-38-41(34,35)39-40(31,32)33)27-37-24-22-20-18-16-14-12-10-8-6-4-2/h30H,3-28H2,1-2H3,(H,31,32,33). The molecule has 0 fully saturated rings. The molecule has 2 N–H and O–H groups in total. The van der Waals surface area contributed by atoms with Crippen molar-refractivity contribution in [2.75, 3.05) is 39.6 Å². The molecule has 12 heteroatoms. The van der Waals surface area contributed by atoms with Gasteiger partial charge in [0, 0.05) is 13.2 Å². The summed E-state index contributed by atoms with van der Waals surface area (Å²) in [7, 11) is -10.3. The SMILES string of the molecule is CCCCCCCCCCCCOCC(CO)(COCCCCCCCCCCCC)COS(=O)(=O)OS(=O)(=O)O. The van der Waals surface area contributed by atoms with Gasteiger partial charge in [0.15, 0.2) is 0 Å². The van der Waals surface area contributed by atoms with Crippen LogP contribution in [0.1, 0.15) is 142 Å². The second-order valence-electron chi connectivity index (χ2n) is 11.3. The maximum Gasteiger partial charge on any atom is 0.416 e. The van der Waals surface area contributed by atoms with Crippen molar-refractivity contribution in [2.24, 2.45) is 5.41 Å². The van der Waals surface area contributed by atoms with Crippen LogP contribution >= 0.6 is 0 Å². The van der Waals surface area contributed by atoms with Crippen LogP contribution in [0.2, 0.25) is 0 Å². The van der Waals surface area contributed by atoms with E-state index in [-0.39, 0.29) is 13.2 Å². The molecule has 0 atom stereocenters. The van der Waals surface area contributed by atoms with Crippen LogP contribution < -0.4 is 0 Å². The Morgan fingerprint density at radius 2 is 0.878 bits per heavy atom. The second kappa shape index (κ2) is 26.1. The van der Waals surface area contributed by atoms with Crippen molar-refractivity contribution in [3.05, 3.63) is 0 Å². The first-order chi connectivity index (χ1) is 19.6. The smallest absolute Gasteiger partial charge is 0.396 e. The quantitative estimate of drug-likeness (QED) is 0.0592. The molecule has 0 unspecified atom stereocenters. The number of ether oxygens (including phenoxy) is 2. The molecule has 0 rings (SSSR count). The van der Waals surface area contributed by atoms with Crippen LogP contribution in [0.4, 0.5) is 0 Å². The van der Waals surface area contributed by atoms with E-state index in [1.165, 1.54) is 89.9 Å². The van der Waals surface area contributed by atoms with Crippen LogP contribution in [0.15, 0.2) is 0 Å². The van der Waals surface area contributed by atoms with Crippen molar-refractivity contribution >= 4 is 20.8 Å². The van der Waals surface area contributed by atoms with Crippen LogP contribution in [0.3, 0.4) is 0 Å². The third-order valence-electron chi connectivity index (χ3n) is 7.12. The Morgan fingerprint density at radius 3 is 1.20 bits per heavy atom. The van der Waals surface area contributed by atoms with Crippen LogP contribution in [-0.4, -0.2) is 66.1 Å². The van der Waals surface area contributed by atoms with Crippen molar-refractivity contribution in [1.82, 2.24) is 0 Å². The number of aliphatic hydroxyl groups excluding tert-OH is 1. The molecule has 0 aliphatic heterocycles. The van der Waals surface area contributed by atoms with Crippen LogP contribution in [0, 0.1) is 5.41 Å². The van der Waals surface area contributed by atoms with Gasteiger partial charge in [-0.1, -0.05) is 129 Å². The van der Waals surface area contributed by atoms with Crippen LogP contribution in [0.5, 0.6) is 0 Å². The fraction of sp³-hybridized carbons (Fsp3) is 1.00. The topological polar surface area (TPSA) is 146 Å². The lowest BCUT2D eigenvalue weighted by Crippen LogP contribution is -2.42. The van der Waals surface area contributed by atoms with Crippen molar-refractivity contribution in [1.29, 1.82) is 0 Å². The van der Waals surface area contributed by atoms with E-state index >= 15 is 0 Å². The van der Waals surface area contributed by atoms with E-state index in [1.807, 2.05) is 0 Å². The lowest BCUT2D eigenvalue weighted by Gasteiger charge is -2.30. The van der Waals surface area contributed by atoms with Gasteiger partial charge in [0.25, 0.3) is 0 Å². The summed E-state index contributed by atoms with van der Waals surface area (Å²) in [6.45, 7) is 4.08. The van der Waals surface area contributed by atoms with Crippen LogP contribution in [0.25, 0.3) is 0 Å². The number of hydrogen-bond donors (Lipinski definition) is 2. The normalized spacial score (nSPS) is 12.8. The Labute approximate surface area is 251 Å². The molecule has 0 amide bonds. The van der Waals surface area contributed by atoms with Gasteiger partial charge in [0.2, 0.25) is 0 Å². The molecule has 0 radical (unpaired) electrons. The van der Waals surface area contributed by atoms with E-state index in [0.29, 0.717) is 13.2 Å². The molecule has 0 aromatic carbocycles. The third kappa shape index (κ3) is 27.0. The summed E-state index contributed by atoms with van der Waals surface area (Å²) < 4.78 is 73.7. The van der Waals surface area contributed by atoms with Gasteiger partial charge >= 0.3 is 20.8 Å². The molecule has 0 saturated heterocycles. The van der Waals surface area contributed by atoms with Crippen molar-refractivity contribution in [3.8, 4) is 0 Å². The fourth-order valence-corrected chi connectivity index (χ4v) is 5.94. The van der Waals surface area contributed by atoms with Gasteiger partial charge in [-0.15, -0.1) is 3.63 Å². The molecule has 0 aliphatic rings. The molecule has 0 aromatic heterocycles. The first-order valence-electron chi connectivity index (χ1n) is 15.9. The van der Waals surface area contributed by atoms with Gasteiger partial charge in [-0.25, -0.2) is 4.18 Å². The summed E-state index contributed by atoms with van der Waals surface area (Å²) in [5.74, 6) is 0. The van der Waals surface area contributed by atoms with Crippen molar-refractivity contribution < 1.29 is 43.8 Å². The summed E-state index contributed by atoms with van der Waals surface area (Å²) in [5, 5.41) is 10.1. The van der Waals surface area contributed by atoms with Gasteiger partial charge in [-0.2, -0.15) is 16.8 Å². The van der Waals surface area contributed by atoms with Crippen molar-refractivity contribution in [2.45, 2.75) is 142 Å². The molecule has 10 nitrogen and oxygen atoms in total. The minimum atomic E-state index is -5.27. The lowest BCUT2D eigenvalue weighted by atomic mass is 9.92. The molecule has 41 heavy (non-hydrogen) atoms. The summed E-state index contributed by atoms with van der Waals surface area (Å²) in [6, 6.07) is 0. The highest BCUT2D eigenvalue weighted by molar-refractivity contribution is 7.94. The molecular formula is C29H60O10S2. The Bertz CT molecular complexity index is 759. The third-order valence-corrected chi connectivity index (χ3v) is 8.88. The van der Waals surface area contributed by atoms with Crippen molar-refractivity contribution in [3.63, 3.8) is 0 Å². The van der Waals surface area contributed by atoms with Crippen LogP contribution in [-0.2, 0) is 38.1 Å². The van der Waals surface area contributed by atoms with E-state index in [4.69, 9.17) is 14.0 Å². The minimum Gasteiger partial charge on any atom is -0.396 e. The Morgan fingerprint density at radius 1 is 0.537 bits per heavy atom. The Kier molecular flexibility index (Phi) is 25.9. The van der Waals surface area contributed by atoms with E-state index in [2.05, 4.69) is 21.7 Å². The van der Waals surface area contributed by atoms with E-state index in [1.54, 1.807) is 0 Å². The van der Waals surface area contributed by atoms with E-state index in [0.717, 1.165) is 38.5 Å². The number of rotatable bonds is 32.